The molecular formula is C20H20BrN7O. The molecule has 9 heteroatoms. The van der Waals surface area contributed by atoms with Gasteiger partial charge in [0.25, 0.3) is 0 Å². The summed E-state index contributed by atoms with van der Waals surface area (Å²) in [6.45, 7) is 5.93. The molecule has 1 aromatic carbocycles. The number of hydrogen-bond acceptors (Lipinski definition) is 5. The van der Waals surface area contributed by atoms with Gasteiger partial charge in [-0.25, -0.2) is 19.2 Å². The van der Waals surface area contributed by atoms with E-state index in [-0.39, 0.29) is 5.91 Å². The fraction of sp³-hybridized carbons (Fsp3) is 0.250. The zero-order valence-electron chi connectivity index (χ0n) is 16.3. The minimum absolute atomic E-state index is 0.0833. The molecule has 0 fully saturated rings. The SMILES string of the molecule is Cc1cc2nc(C)c(CCC(=O)Nc3cc(Br)ccc3-n3cncn3)c(C)n2n1. The van der Waals surface area contributed by atoms with Gasteiger partial charge in [-0.15, -0.1) is 0 Å². The maximum absolute atomic E-state index is 12.7. The number of rotatable bonds is 5. The number of carbonyl (C=O) groups is 1. The maximum atomic E-state index is 12.7. The van der Waals surface area contributed by atoms with Crippen LogP contribution in [0.5, 0.6) is 0 Å². The number of nitrogens with one attached hydrogen (secondary N) is 1. The molecule has 0 unspecified atom stereocenters. The van der Waals surface area contributed by atoms with Crippen LogP contribution in [0.15, 0.2) is 41.4 Å². The zero-order valence-corrected chi connectivity index (χ0v) is 17.9. The van der Waals surface area contributed by atoms with Crippen molar-refractivity contribution in [1.29, 1.82) is 0 Å². The van der Waals surface area contributed by atoms with Gasteiger partial charge in [0.2, 0.25) is 5.91 Å². The van der Waals surface area contributed by atoms with Crippen LogP contribution >= 0.6 is 15.9 Å². The van der Waals surface area contributed by atoms with Crippen LogP contribution in [0.1, 0.15) is 29.1 Å². The molecule has 0 spiro atoms. The molecular weight excluding hydrogens is 434 g/mol. The molecule has 0 aliphatic heterocycles. The lowest BCUT2D eigenvalue weighted by Gasteiger charge is -2.13. The van der Waals surface area contributed by atoms with Gasteiger partial charge < -0.3 is 5.32 Å². The summed E-state index contributed by atoms with van der Waals surface area (Å²) in [6, 6.07) is 7.58. The van der Waals surface area contributed by atoms with E-state index in [1.807, 2.05) is 49.6 Å². The van der Waals surface area contributed by atoms with Gasteiger partial charge in [0.15, 0.2) is 5.65 Å². The average Bonchev–Trinajstić information content (AvgIpc) is 3.31. The largest absolute Gasteiger partial charge is 0.324 e. The Bertz CT molecular complexity index is 1200. The van der Waals surface area contributed by atoms with E-state index in [9.17, 15) is 4.79 Å². The highest BCUT2D eigenvalue weighted by Gasteiger charge is 2.14. The summed E-state index contributed by atoms with van der Waals surface area (Å²) in [5, 5.41) is 11.6. The first-order valence-corrected chi connectivity index (χ1v) is 9.98. The van der Waals surface area contributed by atoms with Crippen molar-refractivity contribution >= 4 is 33.2 Å². The number of halogens is 1. The number of hydrogen-bond donors (Lipinski definition) is 1. The number of fused-ring (bicyclic) bond motifs is 1. The molecule has 0 radical (unpaired) electrons. The van der Waals surface area contributed by atoms with E-state index < -0.39 is 0 Å². The van der Waals surface area contributed by atoms with Crippen molar-refractivity contribution in [2.45, 2.75) is 33.6 Å². The van der Waals surface area contributed by atoms with E-state index in [0.717, 1.165) is 38.5 Å². The lowest BCUT2D eigenvalue weighted by atomic mass is 10.1. The molecule has 29 heavy (non-hydrogen) atoms. The molecule has 1 N–H and O–H groups in total. The van der Waals surface area contributed by atoms with E-state index in [4.69, 9.17) is 0 Å². The van der Waals surface area contributed by atoms with Crippen LogP contribution < -0.4 is 5.32 Å². The first-order chi connectivity index (χ1) is 13.9. The van der Waals surface area contributed by atoms with Gasteiger partial charge in [-0.3, -0.25) is 4.79 Å². The third-order valence-corrected chi connectivity index (χ3v) is 5.28. The van der Waals surface area contributed by atoms with Gasteiger partial charge in [0.1, 0.15) is 12.7 Å². The zero-order chi connectivity index (χ0) is 20.5. The van der Waals surface area contributed by atoms with Crippen molar-refractivity contribution in [2.75, 3.05) is 5.32 Å². The Morgan fingerprint density at radius 1 is 1.21 bits per heavy atom. The van der Waals surface area contributed by atoms with Crippen molar-refractivity contribution < 1.29 is 4.79 Å². The van der Waals surface area contributed by atoms with Gasteiger partial charge in [0, 0.05) is 28.3 Å². The van der Waals surface area contributed by atoms with Crippen molar-refractivity contribution in [2.24, 2.45) is 0 Å². The highest BCUT2D eigenvalue weighted by atomic mass is 79.9. The average molecular weight is 454 g/mol. The van der Waals surface area contributed by atoms with Crippen LogP contribution in [0.25, 0.3) is 11.3 Å². The first-order valence-electron chi connectivity index (χ1n) is 9.19. The van der Waals surface area contributed by atoms with E-state index in [0.29, 0.717) is 18.5 Å². The Morgan fingerprint density at radius 2 is 2.03 bits per heavy atom. The maximum Gasteiger partial charge on any atom is 0.224 e. The number of anilines is 1. The normalized spacial score (nSPS) is 11.2. The summed E-state index contributed by atoms with van der Waals surface area (Å²) in [5.41, 5.74) is 6.15. The van der Waals surface area contributed by atoms with Crippen LogP contribution in [-0.2, 0) is 11.2 Å². The first kappa shape index (κ1) is 19.3. The molecule has 4 aromatic rings. The van der Waals surface area contributed by atoms with Gasteiger partial charge >= 0.3 is 0 Å². The Morgan fingerprint density at radius 3 is 2.79 bits per heavy atom. The predicted molar refractivity (Wildman–Crippen MR) is 113 cm³/mol. The Hall–Kier alpha value is -3.07. The summed E-state index contributed by atoms with van der Waals surface area (Å²) in [5.74, 6) is -0.0833. The van der Waals surface area contributed by atoms with Crippen molar-refractivity contribution in [3.63, 3.8) is 0 Å². The fourth-order valence-electron chi connectivity index (χ4n) is 3.40. The number of benzene rings is 1. The van der Waals surface area contributed by atoms with Gasteiger partial charge in [-0.05, 0) is 51.0 Å². The monoisotopic (exact) mass is 453 g/mol. The summed E-state index contributed by atoms with van der Waals surface area (Å²) in [7, 11) is 0. The van der Waals surface area contributed by atoms with E-state index in [1.54, 1.807) is 11.0 Å². The molecule has 0 aliphatic rings. The van der Waals surface area contributed by atoms with Crippen LogP contribution in [-0.4, -0.2) is 35.3 Å². The molecule has 1 amide bonds. The Labute approximate surface area is 176 Å². The second-order valence-corrected chi connectivity index (χ2v) is 7.78. The summed E-state index contributed by atoms with van der Waals surface area (Å²) in [6.07, 6.45) is 3.97. The molecule has 0 atom stereocenters. The smallest absolute Gasteiger partial charge is 0.224 e. The molecule has 0 saturated carbocycles. The quantitative estimate of drug-likeness (QED) is 0.498. The highest BCUT2D eigenvalue weighted by molar-refractivity contribution is 9.10. The molecule has 148 valence electrons. The van der Waals surface area contributed by atoms with Crippen LogP contribution in [0, 0.1) is 20.8 Å². The Kier molecular flexibility index (Phi) is 5.14. The molecule has 0 saturated heterocycles. The van der Waals surface area contributed by atoms with Crippen LogP contribution in [0.4, 0.5) is 5.69 Å². The lowest BCUT2D eigenvalue weighted by Crippen LogP contribution is -2.16. The molecule has 0 aliphatic carbocycles. The van der Waals surface area contributed by atoms with Crippen LogP contribution in [0.3, 0.4) is 0 Å². The second kappa shape index (κ2) is 7.75. The Balaban J connectivity index is 1.53. The third-order valence-electron chi connectivity index (χ3n) is 4.79. The standard InChI is InChI=1S/C20H20BrN7O/c1-12-8-19-24-13(2)16(14(3)28(19)26-12)5-7-20(29)25-17-9-15(21)4-6-18(17)27-11-22-10-23-27/h4,6,8-11H,5,7H2,1-3H3,(H,25,29). The van der Waals surface area contributed by atoms with Crippen LogP contribution in [0.2, 0.25) is 0 Å². The van der Waals surface area contributed by atoms with Crippen molar-refractivity contribution in [1.82, 2.24) is 29.4 Å². The highest BCUT2D eigenvalue weighted by Crippen LogP contribution is 2.25. The number of aryl methyl sites for hydroxylation is 3. The predicted octanol–water partition coefficient (Wildman–Crippen LogP) is 3.57. The van der Waals surface area contributed by atoms with Gasteiger partial charge in [0.05, 0.1) is 17.1 Å². The number of carbonyl (C=O) groups excluding carboxylic acids is 1. The number of amides is 1. The van der Waals surface area contributed by atoms with E-state index >= 15 is 0 Å². The molecule has 8 nitrogen and oxygen atoms in total. The van der Waals surface area contributed by atoms with E-state index in [1.165, 1.54) is 6.33 Å². The lowest BCUT2D eigenvalue weighted by molar-refractivity contribution is -0.116. The number of aromatic nitrogens is 6. The molecule has 0 bridgehead atoms. The van der Waals surface area contributed by atoms with Crippen molar-refractivity contribution in [3.05, 3.63) is 64.0 Å². The number of nitrogens with zero attached hydrogens (tertiary/aromatic N) is 6. The minimum Gasteiger partial charge on any atom is -0.324 e. The van der Waals surface area contributed by atoms with E-state index in [2.05, 4.69) is 41.4 Å². The van der Waals surface area contributed by atoms with Gasteiger partial charge in [-0.2, -0.15) is 10.2 Å². The summed E-state index contributed by atoms with van der Waals surface area (Å²) in [4.78, 5) is 21.3. The molecule has 3 heterocycles. The fourth-order valence-corrected chi connectivity index (χ4v) is 3.76. The summed E-state index contributed by atoms with van der Waals surface area (Å²) < 4.78 is 4.33. The second-order valence-electron chi connectivity index (χ2n) is 6.87. The van der Waals surface area contributed by atoms with Crippen molar-refractivity contribution in [3.8, 4) is 5.69 Å². The van der Waals surface area contributed by atoms with Gasteiger partial charge in [-0.1, -0.05) is 15.9 Å². The topological polar surface area (TPSA) is 90.0 Å². The summed E-state index contributed by atoms with van der Waals surface area (Å²) >= 11 is 3.45. The molecule has 3 aromatic heterocycles. The molecule has 4 rings (SSSR count). The third kappa shape index (κ3) is 3.91. The minimum atomic E-state index is -0.0833.